The van der Waals surface area contributed by atoms with E-state index < -0.39 is 0 Å². The summed E-state index contributed by atoms with van der Waals surface area (Å²) in [4.78, 5) is 0. The summed E-state index contributed by atoms with van der Waals surface area (Å²) in [7, 11) is 0. The van der Waals surface area contributed by atoms with Gasteiger partial charge in [0.2, 0.25) is 0 Å². The lowest BCUT2D eigenvalue weighted by Gasteiger charge is -2.09. The molecule has 0 aliphatic heterocycles. The van der Waals surface area contributed by atoms with Crippen molar-refractivity contribution in [2.75, 3.05) is 0 Å². The van der Waals surface area contributed by atoms with Gasteiger partial charge >= 0.3 is 0 Å². The maximum Gasteiger partial charge on any atom is 0.136 e. The van der Waals surface area contributed by atoms with E-state index in [1.54, 1.807) is 0 Å². The Morgan fingerprint density at radius 3 is 2.14 bits per heavy atom. The minimum atomic E-state index is 0.927. The fourth-order valence-electron chi connectivity index (χ4n) is 5.84. The van der Waals surface area contributed by atoms with Crippen molar-refractivity contribution in [3.05, 3.63) is 127 Å². The van der Waals surface area contributed by atoms with Crippen LogP contribution in [0.15, 0.2) is 126 Å². The highest BCUT2D eigenvalue weighted by atomic mass is 16.3. The number of fused-ring (bicyclic) bond motifs is 8. The van der Waals surface area contributed by atoms with E-state index in [-0.39, 0.29) is 0 Å². The maximum atomic E-state index is 6.21. The molecule has 0 N–H and O–H groups in total. The highest BCUT2D eigenvalue weighted by molar-refractivity contribution is 6.23. The number of para-hydroxylation sites is 2. The predicted molar refractivity (Wildman–Crippen MR) is 156 cm³/mol. The normalized spacial score (nSPS) is 11.9. The van der Waals surface area contributed by atoms with Gasteiger partial charge in [0.05, 0.1) is 11.0 Å². The number of nitrogens with zero attached hydrogens (tertiary/aromatic N) is 1. The number of aromatic nitrogens is 1. The summed E-state index contributed by atoms with van der Waals surface area (Å²) in [5, 5.41) is 7.29. The third-order valence-electron chi connectivity index (χ3n) is 7.64. The zero-order valence-corrected chi connectivity index (χ0v) is 20.4. The van der Waals surface area contributed by atoms with E-state index in [2.05, 4.69) is 121 Å². The van der Waals surface area contributed by atoms with Crippen LogP contribution in [0.2, 0.25) is 0 Å². The summed E-state index contributed by atoms with van der Waals surface area (Å²) >= 11 is 0. The van der Waals surface area contributed by atoms with Gasteiger partial charge in [-0.3, -0.25) is 0 Å². The summed E-state index contributed by atoms with van der Waals surface area (Å²) in [5.41, 5.74) is 9.17. The van der Waals surface area contributed by atoms with Crippen LogP contribution in [0, 0.1) is 6.92 Å². The summed E-state index contributed by atoms with van der Waals surface area (Å²) in [6.45, 7) is 2.13. The molecule has 8 aromatic rings. The molecule has 6 aromatic carbocycles. The number of hydrogen-bond donors (Lipinski definition) is 0. The quantitative estimate of drug-likeness (QED) is 0.244. The van der Waals surface area contributed by atoms with Crippen molar-refractivity contribution in [2.45, 2.75) is 6.92 Å². The van der Waals surface area contributed by atoms with Crippen LogP contribution in [0.4, 0.5) is 0 Å². The first kappa shape index (κ1) is 20.4. The molecule has 2 nitrogen and oxygen atoms in total. The summed E-state index contributed by atoms with van der Waals surface area (Å²) in [6, 6.07) is 43.6. The summed E-state index contributed by atoms with van der Waals surface area (Å²) < 4.78 is 8.61. The molecule has 2 heteroatoms. The minimum Gasteiger partial charge on any atom is -0.456 e. The van der Waals surface area contributed by atoms with Crippen molar-refractivity contribution in [3.63, 3.8) is 0 Å². The Labute approximate surface area is 214 Å². The molecule has 0 saturated heterocycles. The molecule has 37 heavy (non-hydrogen) atoms. The van der Waals surface area contributed by atoms with Crippen LogP contribution in [0.1, 0.15) is 5.56 Å². The van der Waals surface area contributed by atoms with Crippen molar-refractivity contribution >= 4 is 54.5 Å². The molecule has 0 amide bonds. The molecule has 0 aliphatic rings. The molecule has 8 rings (SSSR count). The monoisotopic (exact) mass is 473 g/mol. The molecule has 0 atom stereocenters. The average Bonchev–Trinajstić information content (AvgIpc) is 3.48. The van der Waals surface area contributed by atoms with Crippen LogP contribution in [-0.4, -0.2) is 4.57 Å². The Hall–Kier alpha value is -4.82. The predicted octanol–water partition coefficient (Wildman–Crippen LogP) is 9.81. The number of furan rings is 1. The Balaban J connectivity index is 1.52. The second-order valence-electron chi connectivity index (χ2n) is 9.90. The fraction of sp³-hybridized carbons (Fsp3) is 0.0286. The molecule has 174 valence electrons. The highest BCUT2D eigenvalue weighted by Crippen LogP contribution is 2.40. The number of benzene rings is 6. The van der Waals surface area contributed by atoms with E-state index in [1.807, 2.05) is 12.1 Å². The Kier molecular flexibility index (Phi) is 4.18. The van der Waals surface area contributed by atoms with Gasteiger partial charge in [-0.15, -0.1) is 0 Å². The first-order valence-corrected chi connectivity index (χ1v) is 12.7. The van der Waals surface area contributed by atoms with Crippen molar-refractivity contribution < 1.29 is 4.42 Å². The second kappa shape index (κ2) is 7.59. The molecular formula is C35H23NO. The molecule has 0 fully saturated rings. The van der Waals surface area contributed by atoms with Crippen molar-refractivity contribution in [1.82, 2.24) is 4.57 Å². The highest BCUT2D eigenvalue weighted by Gasteiger charge is 2.17. The SMILES string of the molecule is Cc1ccc(-c2ccc3c(c2)c2cc4ccc5oc6ccccc6c5c4cc2n3-c2ccccc2)cc1. The van der Waals surface area contributed by atoms with Gasteiger partial charge in [-0.2, -0.15) is 0 Å². The van der Waals surface area contributed by atoms with Gasteiger partial charge < -0.3 is 8.98 Å². The van der Waals surface area contributed by atoms with Crippen LogP contribution < -0.4 is 0 Å². The van der Waals surface area contributed by atoms with Gasteiger partial charge in [-0.25, -0.2) is 0 Å². The van der Waals surface area contributed by atoms with Crippen molar-refractivity contribution in [1.29, 1.82) is 0 Å². The molecule has 2 aromatic heterocycles. The molecule has 2 heterocycles. The number of aryl methyl sites for hydroxylation is 1. The second-order valence-corrected chi connectivity index (χ2v) is 9.90. The van der Waals surface area contributed by atoms with E-state index in [1.165, 1.54) is 54.7 Å². The van der Waals surface area contributed by atoms with Gasteiger partial charge in [0, 0.05) is 27.2 Å². The minimum absolute atomic E-state index is 0.927. The van der Waals surface area contributed by atoms with Gasteiger partial charge in [-0.1, -0.05) is 78.4 Å². The lowest BCUT2D eigenvalue weighted by atomic mass is 9.99. The Morgan fingerprint density at radius 2 is 1.27 bits per heavy atom. The fourth-order valence-corrected chi connectivity index (χ4v) is 5.84. The van der Waals surface area contributed by atoms with Gasteiger partial charge in [-0.05, 0) is 77.4 Å². The third-order valence-corrected chi connectivity index (χ3v) is 7.64. The molecule has 0 unspecified atom stereocenters. The van der Waals surface area contributed by atoms with Crippen molar-refractivity contribution in [2.24, 2.45) is 0 Å². The molecule has 0 bridgehead atoms. The first-order valence-electron chi connectivity index (χ1n) is 12.7. The topological polar surface area (TPSA) is 18.1 Å². The molecule has 0 saturated carbocycles. The Morgan fingerprint density at radius 1 is 0.514 bits per heavy atom. The van der Waals surface area contributed by atoms with Crippen LogP contribution in [0.5, 0.6) is 0 Å². The van der Waals surface area contributed by atoms with Gasteiger partial charge in [0.1, 0.15) is 11.2 Å². The molecule has 0 spiro atoms. The van der Waals surface area contributed by atoms with Crippen LogP contribution in [0.3, 0.4) is 0 Å². The van der Waals surface area contributed by atoms with E-state index in [0.717, 1.165) is 22.2 Å². The maximum absolute atomic E-state index is 6.21. The lowest BCUT2D eigenvalue weighted by Crippen LogP contribution is -1.93. The lowest BCUT2D eigenvalue weighted by molar-refractivity contribution is 0.669. The van der Waals surface area contributed by atoms with Crippen LogP contribution in [0.25, 0.3) is 71.3 Å². The third kappa shape index (κ3) is 2.99. The van der Waals surface area contributed by atoms with E-state index >= 15 is 0 Å². The molecular weight excluding hydrogens is 450 g/mol. The zero-order chi connectivity index (χ0) is 24.5. The van der Waals surface area contributed by atoms with E-state index in [0.29, 0.717) is 0 Å². The molecule has 0 aliphatic carbocycles. The standard InChI is InChI=1S/C35H23NO/c1-22-11-13-23(14-12-22)24-15-17-31-29(19-24)30-20-25-16-18-34-35(27-9-5-6-10-33(27)37-34)28(25)21-32(30)36(31)26-7-3-2-4-8-26/h2-21H,1H3. The summed E-state index contributed by atoms with van der Waals surface area (Å²) in [5.74, 6) is 0. The van der Waals surface area contributed by atoms with E-state index in [9.17, 15) is 0 Å². The van der Waals surface area contributed by atoms with Gasteiger partial charge in [0.15, 0.2) is 0 Å². The smallest absolute Gasteiger partial charge is 0.136 e. The van der Waals surface area contributed by atoms with Gasteiger partial charge in [0.25, 0.3) is 0 Å². The molecule has 0 radical (unpaired) electrons. The van der Waals surface area contributed by atoms with E-state index in [4.69, 9.17) is 4.42 Å². The van der Waals surface area contributed by atoms with Crippen LogP contribution >= 0.6 is 0 Å². The first-order chi connectivity index (χ1) is 18.2. The zero-order valence-electron chi connectivity index (χ0n) is 20.4. The summed E-state index contributed by atoms with van der Waals surface area (Å²) in [6.07, 6.45) is 0. The van der Waals surface area contributed by atoms with Crippen LogP contribution in [-0.2, 0) is 0 Å². The average molecular weight is 474 g/mol. The number of hydrogen-bond acceptors (Lipinski definition) is 1. The Bertz CT molecular complexity index is 2130. The number of rotatable bonds is 2. The largest absolute Gasteiger partial charge is 0.456 e. The van der Waals surface area contributed by atoms with Crippen molar-refractivity contribution in [3.8, 4) is 16.8 Å².